The van der Waals surface area contributed by atoms with E-state index in [9.17, 15) is 19.5 Å². The Balaban J connectivity index is 0.000000142. The van der Waals surface area contributed by atoms with Gasteiger partial charge < -0.3 is 74.1 Å². The molecule has 0 aliphatic carbocycles. The molecule has 3 aromatic carbocycles. The Kier molecular flexibility index (Phi) is 26.1. The van der Waals surface area contributed by atoms with Gasteiger partial charge in [-0.1, -0.05) is 42.5 Å². The second-order valence-corrected chi connectivity index (χ2v) is 32.2. The number of carbonyl (C=O) groups excluding carboxylic acids is 3. The van der Waals surface area contributed by atoms with Crippen molar-refractivity contribution in [1.82, 2.24) is 60.2 Å². The number of nitrogens with one attached hydrogen (secondary N) is 1. The van der Waals surface area contributed by atoms with Crippen LogP contribution in [0.2, 0.25) is 0 Å². The summed E-state index contributed by atoms with van der Waals surface area (Å²) < 4.78 is 39.4. The van der Waals surface area contributed by atoms with E-state index in [1.165, 1.54) is 26.7 Å². The maximum atomic E-state index is 12.1. The topological polar surface area (TPSA) is 429 Å². The van der Waals surface area contributed by atoms with E-state index < -0.39 is 18.6 Å². The van der Waals surface area contributed by atoms with Gasteiger partial charge in [-0.2, -0.15) is 15.0 Å². The molecule has 1 saturated heterocycles. The number of esters is 2. The number of hydrogen-bond donors (Lipinski definition) is 7. The lowest BCUT2D eigenvalue weighted by atomic mass is 9.79. The molecular weight excluding hydrogens is 1600 g/mol. The van der Waals surface area contributed by atoms with Gasteiger partial charge in [0.15, 0.2) is 51.9 Å². The highest BCUT2D eigenvalue weighted by molar-refractivity contribution is 9.10. The van der Waals surface area contributed by atoms with E-state index in [0.717, 1.165) is 88.8 Å². The Morgan fingerprint density at radius 1 is 0.483 bits per heavy atom. The largest absolute Gasteiger partial charge is 0.504 e. The number of benzene rings is 3. The Bertz CT molecular complexity index is 5780. The summed E-state index contributed by atoms with van der Waals surface area (Å²) in [5.41, 5.74) is 34.8. The lowest BCUT2D eigenvalue weighted by molar-refractivity contribution is 0.00578. The van der Waals surface area contributed by atoms with E-state index in [1.54, 1.807) is 48.2 Å². The third-order valence-electron chi connectivity index (χ3n) is 21.2. The third kappa shape index (κ3) is 19.1. The fraction of sp³-hybridized carbons (Fsp3) is 0.310. The fourth-order valence-corrected chi connectivity index (χ4v) is 13.9. The highest BCUT2D eigenvalue weighted by Gasteiger charge is 2.53. The zero-order chi connectivity index (χ0) is 87.3. The van der Waals surface area contributed by atoms with Crippen molar-refractivity contribution in [2.45, 2.75) is 165 Å². The molecule has 120 heavy (non-hydrogen) atoms. The van der Waals surface area contributed by atoms with Crippen LogP contribution in [0.25, 0.3) is 33.7 Å². The quantitative estimate of drug-likeness (QED) is 0.0185. The SMILES string of the molecule is COC(=O)c1cccc2c1CN(C=Nc1nc(C)ccc1O)C2(C)C.COC(=O)c1cccc2c1CN(c1nc3nc(C)ccc3o1)C2(C)C.Cc1ccc(B2OC(C)(C)C(C)(C)O2)c(N)n1.Cc1ccc(Br)c(N)n1.Cc1ccc(O)c(N)n1.Cc1ccc2oc(N3Cc4c(C(=O)NO)cccc4C3(C)C)nc2n1.Cc1ccc2ocnc2n1. The summed E-state index contributed by atoms with van der Waals surface area (Å²) in [5.74, 6) is 0.374. The van der Waals surface area contributed by atoms with Gasteiger partial charge in [0.2, 0.25) is 11.3 Å². The summed E-state index contributed by atoms with van der Waals surface area (Å²) in [4.78, 5) is 88.8. The van der Waals surface area contributed by atoms with Crippen LogP contribution in [-0.4, -0.2) is 127 Å². The standard InChI is InChI=1S/C19H19N3O3.C19H21N3O3.C18H18N4O3.C12H19BN2O2.C7H6N2O.C6H7BrN2.C6H8N2O/c1-11-8-9-15-16(20-11)21-18(25-15)22-10-13-12(17(23)24-4)6-5-7-14(13)19(22,2)3;1-12-8-9-16(23)17(21-12)20-11-22-10-14-13(18(24)25-4)6-5-7-15(14)19(22,2)3;1-10-7-8-14-15(19-10)20-17(25-14)22-9-12-11(16(23)21-24)5-4-6-13(12)18(22,2)3;1-8-6-7-9(10(14)15-8)13-16-11(2,3)12(4,5)17-13;1-5-2-3-6-7(9-5)8-4-10-6;1-4-2-3-5(7)6(8)9-4;1-4-2-3-5(9)6(7)8-4/h5-9H,10H2,1-4H3;5-9,11,23H,10H2,1-4H3;4-8,24H,9H2,1-3H3,(H,21,23);6-7H,1-5H3,(H2,14,15);2-4H,1H3;2-3H,1H3,(H2,8,9);2-3,9H,1H3,(H2,7,8). The number of carbonyl (C=O) groups is 3. The van der Waals surface area contributed by atoms with Crippen LogP contribution in [0, 0.1) is 48.5 Å². The molecule has 17 rings (SSSR count). The van der Waals surface area contributed by atoms with Crippen LogP contribution in [0.1, 0.15) is 174 Å². The second-order valence-electron chi connectivity index (χ2n) is 31.3. The van der Waals surface area contributed by atoms with Gasteiger partial charge in [0.05, 0.1) is 64.0 Å². The lowest BCUT2D eigenvalue weighted by Crippen LogP contribution is -2.41. The van der Waals surface area contributed by atoms with Crippen LogP contribution < -0.4 is 37.9 Å². The van der Waals surface area contributed by atoms with Crippen LogP contribution in [0.4, 0.5) is 35.3 Å². The second kappa shape index (κ2) is 35.7. The number of ether oxygens (including phenoxy) is 2. The first-order valence-corrected chi connectivity index (χ1v) is 39.0. The molecule has 0 radical (unpaired) electrons. The van der Waals surface area contributed by atoms with Crippen molar-refractivity contribution in [2.24, 2.45) is 4.99 Å². The number of hydrogen-bond acceptors (Lipinski definition) is 29. The Morgan fingerprint density at radius 2 is 0.892 bits per heavy atom. The van der Waals surface area contributed by atoms with Crippen molar-refractivity contribution >= 4 is 122 Å². The summed E-state index contributed by atoms with van der Waals surface area (Å²) in [6.45, 7) is 35.2. The molecule has 13 aromatic rings. The van der Waals surface area contributed by atoms with Crippen LogP contribution >= 0.6 is 15.9 Å². The van der Waals surface area contributed by atoms with Gasteiger partial charge in [0.1, 0.15) is 11.6 Å². The van der Waals surface area contributed by atoms with E-state index in [0.29, 0.717) is 88.1 Å². The lowest BCUT2D eigenvalue weighted by Gasteiger charge is -2.32. The number of amides is 1. The maximum absolute atomic E-state index is 12.1. The number of anilines is 5. The Morgan fingerprint density at radius 3 is 1.36 bits per heavy atom. The zero-order valence-corrected chi connectivity index (χ0v) is 72.0. The van der Waals surface area contributed by atoms with Crippen molar-refractivity contribution in [1.29, 1.82) is 0 Å². The van der Waals surface area contributed by atoms with E-state index in [-0.39, 0.29) is 57.4 Å². The summed E-state index contributed by atoms with van der Waals surface area (Å²) in [6, 6.07) is 43.2. The van der Waals surface area contributed by atoms with Crippen LogP contribution in [0.15, 0.2) is 169 Å². The monoisotopic (exact) mass is 1690 g/mol. The Labute approximate surface area is 703 Å². The number of halogens is 1. The summed E-state index contributed by atoms with van der Waals surface area (Å²) in [7, 11) is 2.34. The molecule has 4 aliphatic rings. The van der Waals surface area contributed by atoms with Gasteiger partial charge in [-0.05, 0) is 264 Å². The summed E-state index contributed by atoms with van der Waals surface area (Å²) in [6.07, 6.45) is 3.07. The van der Waals surface area contributed by atoms with Gasteiger partial charge in [-0.25, -0.2) is 54.9 Å². The van der Waals surface area contributed by atoms with Crippen LogP contribution in [-0.2, 0) is 55.0 Å². The first-order valence-electron chi connectivity index (χ1n) is 38.2. The number of pyridine rings is 7. The van der Waals surface area contributed by atoms with Gasteiger partial charge in [0, 0.05) is 70.5 Å². The molecule has 0 spiro atoms. The first-order chi connectivity index (χ1) is 56.7. The molecule has 10 aromatic heterocycles. The number of fused-ring (bicyclic) bond motifs is 6. The predicted octanol–water partition coefficient (Wildman–Crippen LogP) is 15.0. The minimum Gasteiger partial charge on any atom is -0.504 e. The first kappa shape index (κ1) is 87.9. The van der Waals surface area contributed by atoms with Crippen molar-refractivity contribution in [3.8, 4) is 11.5 Å². The number of nitrogens with two attached hydrogens (primary N) is 3. The van der Waals surface area contributed by atoms with Gasteiger partial charge >= 0.3 is 31.1 Å². The van der Waals surface area contributed by atoms with Gasteiger partial charge in [-0.15, -0.1) is 0 Å². The number of rotatable bonds is 8. The molecule has 0 unspecified atom stereocenters. The van der Waals surface area contributed by atoms with Crippen molar-refractivity contribution < 1.29 is 61.8 Å². The molecular formula is C87H98BBrN18O13. The predicted molar refractivity (Wildman–Crippen MR) is 462 cm³/mol. The highest BCUT2D eigenvalue weighted by Crippen LogP contribution is 2.46. The average Bonchev–Trinajstić information content (AvgIpc) is 1.59. The van der Waals surface area contributed by atoms with Crippen molar-refractivity contribution in [3.05, 3.63) is 240 Å². The fourth-order valence-electron chi connectivity index (χ4n) is 13.7. The van der Waals surface area contributed by atoms with Crippen LogP contribution in [0.3, 0.4) is 0 Å². The van der Waals surface area contributed by atoms with Gasteiger partial charge in [-0.3, -0.25) is 10.0 Å². The average molecular weight is 1690 g/mol. The zero-order valence-electron chi connectivity index (χ0n) is 70.4. The number of aromatic nitrogens is 10. The normalized spacial score (nSPS) is 15.0. The Hall–Kier alpha value is -13.0. The molecule has 0 atom stereocenters. The van der Waals surface area contributed by atoms with E-state index >= 15 is 0 Å². The molecule has 1 amide bonds. The molecule has 10 N–H and O–H groups in total. The minimum absolute atomic E-state index is 0.0339. The number of nitrogen functional groups attached to an aromatic ring is 3. The third-order valence-corrected chi connectivity index (χ3v) is 21.9. The summed E-state index contributed by atoms with van der Waals surface area (Å²) >= 11 is 3.24. The molecule has 31 nitrogen and oxygen atoms in total. The number of aromatic hydroxyl groups is 2. The van der Waals surface area contributed by atoms with Crippen molar-refractivity contribution in [3.63, 3.8) is 0 Å². The van der Waals surface area contributed by atoms with Crippen molar-refractivity contribution in [2.75, 3.05) is 41.2 Å². The maximum Gasteiger partial charge on any atom is 0.498 e. The van der Waals surface area contributed by atoms with E-state index in [1.807, 2.05) is 197 Å². The smallest absolute Gasteiger partial charge is 0.498 e. The number of oxazole rings is 3. The molecule has 0 saturated carbocycles. The molecule has 33 heteroatoms. The number of aliphatic imine (C=N–C) groups is 1. The number of hydroxylamine groups is 1. The molecule has 624 valence electrons. The minimum atomic E-state index is -0.524. The molecule has 0 bridgehead atoms. The molecule has 4 aliphatic heterocycles. The molecule has 1 fully saturated rings. The molecule has 14 heterocycles. The number of aryl methyl sites for hydroxylation is 7. The number of nitrogens with zero attached hydrogens (tertiary/aromatic N) is 14. The van der Waals surface area contributed by atoms with E-state index in [2.05, 4.69) is 103 Å². The van der Waals surface area contributed by atoms with Crippen LogP contribution in [0.5, 0.6) is 11.5 Å². The van der Waals surface area contributed by atoms with E-state index in [4.69, 9.17) is 59.5 Å². The van der Waals surface area contributed by atoms with Gasteiger partial charge in [0.25, 0.3) is 5.91 Å². The highest BCUT2D eigenvalue weighted by atomic mass is 79.9. The summed E-state index contributed by atoms with van der Waals surface area (Å²) in [5, 5.41) is 27.8. The number of methoxy groups -OCH3 is 2.